The summed E-state index contributed by atoms with van der Waals surface area (Å²) < 4.78 is 20.3. The van der Waals surface area contributed by atoms with E-state index in [9.17, 15) is 19.1 Å². The molecule has 1 aliphatic heterocycles. The van der Waals surface area contributed by atoms with Gasteiger partial charge >= 0.3 is 0 Å². The highest BCUT2D eigenvalue weighted by atomic mass is 32.2. The van der Waals surface area contributed by atoms with Crippen LogP contribution >= 0.6 is 23.1 Å². The molecule has 1 N–H and O–H groups in total. The zero-order chi connectivity index (χ0) is 26.2. The Hall–Kier alpha value is -4.35. The van der Waals surface area contributed by atoms with Crippen LogP contribution in [0.15, 0.2) is 99.2 Å². The smallest absolute Gasteiger partial charge is 0.296 e. The predicted octanol–water partition coefficient (Wildman–Crippen LogP) is 5.89. The van der Waals surface area contributed by atoms with E-state index in [1.807, 2.05) is 6.07 Å². The highest BCUT2D eigenvalue weighted by Crippen LogP contribution is 2.44. The third-order valence-corrected chi connectivity index (χ3v) is 8.12. The number of carbonyl (C=O) groups excluding carboxylic acids is 2. The maximum atomic E-state index is 14.0. The normalized spacial score (nSPS) is 15.6. The molecular formula is C27H17FN4O4S2. The Balaban J connectivity index is 1.35. The van der Waals surface area contributed by atoms with E-state index in [-0.39, 0.29) is 22.3 Å². The average molecular weight is 545 g/mol. The molecule has 1 amide bonds. The number of halogens is 1. The van der Waals surface area contributed by atoms with Crippen LogP contribution in [-0.4, -0.2) is 32.0 Å². The number of aromatic nitrogens is 3. The molecule has 0 saturated heterocycles. The Morgan fingerprint density at radius 1 is 1.11 bits per heavy atom. The fraction of sp³-hybridized carbons (Fsp3) is 0.0741. The van der Waals surface area contributed by atoms with E-state index in [2.05, 4.69) is 15.2 Å². The van der Waals surface area contributed by atoms with E-state index in [1.165, 1.54) is 28.9 Å². The number of nitrogens with zero attached hydrogens (tertiary/aromatic N) is 4. The Kier molecular flexibility index (Phi) is 6.22. The molecule has 5 aromatic rings. The fourth-order valence-corrected chi connectivity index (χ4v) is 6.08. The lowest BCUT2D eigenvalue weighted by Gasteiger charge is -2.23. The number of pyridine rings is 1. The van der Waals surface area contributed by atoms with Gasteiger partial charge in [-0.05, 0) is 35.4 Å². The fourth-order valence-electron chi connectivity index (χ4n) is 4.23. The molecule has 38 heavy (non-hydrogen) atoms. The first-order valence-corrected chi connectivity index (χ1v) is 13.2. The second-order valence-corrected chi connectivity index (χ2v) is 10.5. The summed E-state index contributed by atoms with van der Waals surface area (Å²) in [6.45, 7) is 0. The summed E-state index contributed by atoms with van der Waals surface area (Å²) in [6.07, 6.45) is 3.08. The molecule has 1 aliphatic rings. The molecule has 4 heterocycles. The maximum Gasteiger partial charge on any atom is 0.296 e. The van der Waals surface area contributed by atoms with Gasteiger partial charge in [-0.2, -0.15) is 0 Å². The first kappa shape index (κ1) is 24.0. The zero-order valence-corrected chi connectivity index (χ0v) is 21.1. The van der Waals surface area contributed by atoms with Crippen LogP contribution in [0.1, 0.15) is 27.7 Å². The van der Waals surface area contributed by atoms with Crippen molar-refractivity contribution in [2.75, 3.05) is 4.90 Å². The summed E-state index contributed by atoms with van der Waals surface area (Å²) in [5.74, 6) is -2.11. The van der Waals surface area contributed by atoms with Gasteiger partial charge in [-0.3, -0.25) is 19.5 Å². The van der Waals surface area contributed by atoms with Gasteiger partial charge in [-0.15, -0.1) is 10.2 Å². The number of carbonyl (C=O) groups is 2. The first-order valence-electron chi connectivity index (χ1n) is 11.4. The quantitative estimate of drug-likeness (QED) is 0.153. The minimum absolute atomic E-state index is 0.00492. The zero-order valence-electron chi connectivity index (χ0n) is 19.4. The summed E-state index contributed by atoms with van der Waals surface area (Å²) in [4.78, 5) is 32.4. The largest absolute Gasteiger partial charge is 0.503 e. The lowest BCUT2D eigenvalue weighted by molar-refractivity contribution is -0.117. The van der Waals surface area contributed by atoms with Crippen molar-refractivity contribution in [1.82, 2.24) is 15.2 Å². The van der Waals surface area contributed by atoms with Crippen LogP contribution in [0.25, 0.3) is 11.0 Å². The highest BCUT2D eigenvalue weighted by molar-refractivity contribution is 8.00. The highest BCUT2D eigenvalue weighted by Gasteiger charge is 2.47. The van der Waals surface area contributed by atoms with Gasteiger partial charge in [0.25, 0.3) is 5.91 Å². The number of ketones is 1. The third-order valence-electron chi connectivity index (χ3n) is 6.01. The lowest BCUT2D eigenvalue weighted by Crippen LogP contribution is -2.31. The van der Waals surface area contributed by atoms with Gasteiger partial charge in [-0.1, -0.05) is 65.6 Å². The number of anilines is 1. The number of hydrogen-bond acceptors (Lipinski definition) is 9. The number of benzene rings is 2. The molecule has 0 bridgehead atoms. The Morgan fingerprint density at radius 2 is 1.92 bits per heavy atom. The van der Waals surface area contributed by atoms with Gasteiger partial charge in [0.15, 0.2) is 15.9 Å². The maximum absolute atomic E-state index is 14.0. The molecule has 1 atom stereocenters. The van der Waals surface area contributed by atoms with Gasteiger partial charge in [-0.25, -0.2) is 4.39 Å². The van der Waals surface area contributed by atoms with E-state index in [1.54, 1.807) is 60.8 Å². The molecule has 0 saturated carbocycles. The SMILES string of the molecule is O=C(C1=C(O)C(=O)N(c2nnc(SCc3ccccc3F)s2)C1c1cccnc1)c1cc2ccccc2o1. The molecule has 6 rings (SSSR count). The van der Waals surface area contributed by atoms with Crippen molar-refractivity contribution in [3.05, 3.63) is 113 Å². The second-order valence-electron chi connectivity index (χ2n) is 8.33. The summed E-state index contributed by atoms with van der Waals surface area (Å²) in [5.41, 5.74) is 1.38. The Bertz CT molecular complexity index is 1680. The number of thioether (sulfide) groups is 1. The van der Waals surface area contributed by atoms with E-state index >= 15 is 0 Å². The molecule has 3 aromatic heterocycles. The molecule has 1 unspecified atom stereocenters. The molecular weight excluding hydrogens is 527 g/mol. The topological polar surface area (TPSA) is 109 Å². The molecule has 188 valence electrons. The van der Waals surface area contributed by atoms with Crippen molar-refractivity contribution < 1.29 is 23.5 Å². The molecule has 0 aliphatic carbocycles. The summed E-state index contributed by atoms with van der Waals surface area (Å²) in [5, 5.41) is 20.1. The van der Waals surface area contributed by atoms with E-state index in [0.717, 1.165) is 16.7 Å². The van der Waals surface area contributed by atoms with Crippen molar-refractivity contribution in [3.63, 3.8) is 0 Å². The van der Waals surface area contributed by atoms with Crippen LogP contribution in [0.4, 0.5) is 9.52 Å². The Morgan fingerprint density at radius 3 is 2.71 bits per heavy atom. The molecule has 11 heteroatoms. The Labute approximate surface area is 223 Å². The molecule has 8 nitrogen and oxygen atoms in total. The monoisotopic (exact) mass is 544 g/mol. The van der Waals surface area contributed by atoms with Crippen LogP contribution in [-0.2, 0) is 10.5 Å². The number of rotatable bonds is 7. The standard InChI is InChI=1S/C27H17FN4O4S2/c28-18-9-3-1-7-17(18)14-37-27-31-30-26(38-27)32-22(16-8-5-11-29-13-16)21(24(34)25(32)35)23(33)20-12-15-6-2-4-10-19(15)36-20/h1-13,22,34H,14H2. The lowest BCUT2D eigenvalue weighted by atomic mass is 9.96. The van der Waals surface area contributed by atoms with Crippen molar-refractivity contribution in [2.45, 2.75) is 16.1 Å². The van der Waals surface area contributed by atoms with Gasteiger partial charge in [0.1, 0.15) is 11.4 Å². The van der Waals surface area contributed by atoms with Gasteiger partial charge in [0, 0.05) is 23.5 Å². The summed E-state index contributed by atoms with van der Waals surface area (Å²) >= 11 is 2.37. The van der Waals surface area contributed by atoms with Crippen LogP contribution in [0, 0.1) is 5.82 Å². The van der Waals surface area contributed by atoms with E-state index in [4.69, 9.17) is 4.42 Å². The third kappa shape index (κ3) is 4.25. The number of aliphatic hydroxyl groups excluding tert-OH is 1. The number of amides is 1. The van der Waals surface area contributed by atoms with Crippen molar-refractivity contribution in [2.24, 2.45) is 0 Å². The number of Topliss-reactive ketones (excluding diaryl/α,β-unsaturated/α-hetero) is 1. The van der Waals surface area contributed by atoms with Crippen LogP contribution < -0.4 is 4.90 Å². The molecule has 0 spiro atoms. The first-order chi connectivity index (χ1) is 18.5. The van der Waals surface area contributed by atoms with Gasteiger partial charge in [0.2, 0.25) is 10.9 Å². The predicted molar refractivity (Wildman–Crippen MR) is 141 cm³/mol. The van der Waals surface area contributed by atoms with Crippen molar-refractivity contribution in [3.8, 4) is 0 Å². The van der Waals surface area contributed by atoms with Crippen LogP contribution in [0.5, 0.6) is 0 Å². The van der Waals surface area contributed by atoms with E-state index < -0.39 is 23.5 Å². The van der Waals surface area contributed by atoms with Crippen LogP contribution in [0.2, 0.25) is 0 Å². The van der Waals surface area contributed by atoms with E-state index in [0.29, 0.717) is 26.8 Å². The second kappa shape index (κ2) is 9.84. The molecule has 0 radical (unpaired) electrons. The summed E-state index contributed by atoms with van der Waals surface area (Å²) in [6, 6.07) is 17.5. The minimum atomic E-state index is -1.01. The minimum Gasteiger partial charge on any atom is -0.503 e. The molecule has 0 fully saturated rings. The molecule has 2 aromatic carbocycles. The number of fused-ring (bicyclic) bond motifs is 1. The van der Waals surface area contributed by atoms with Gasteiger partial charge in [0.05, 0.1) is 11.6 Å². The number of hydrogen-bond donors (Lipinski definition) is 1. The van der Waals surface area contributed by atoms with Crippen LogP contribution in [0.3, 0.4) is 0 Å². The van der Waals surface area contributed by atoms with Crippen molar-refractivity contribution in [1.29, 1.82) is 0 Å². The number of para-hydroxylation sites is 1. The number of furan rings is 1. The summed E-state index contributed by atoms with van der Waals surface area (Å²) in [7, 11) is 0. The average Bonchev–Trinajstić information content (AvgIpc) is 3.65. The van der Waals surface area contributed by atoms with Crippen molar-refractivity contribution >= 4 is 50.9 Å². The number of aliphatic hydroxyl groups is 1. The van der Waals surface area contributed by atoms with Gasteiger partial charge < -0.3 is 9.52 Å².